The number of imidazole rings is 1. The van der Waals surface area contributed by atoms with Crippen molar-refractivity contribution in [3.05, 3.63) is 100 Å². The Labute approximate surface area is 217 Å². The smallest absolute Gasteiger partial charge is 0.414 e. The number of piperazine rings is 1. The summed E-state index contributed by atoms with van der Waals surface area (Å²) in [6, 6.07) is 21.9. The number of fused-ring (bicyclic) bond motifs is 1. The minimum absolute atomic E-state index is 0.200. The van der Waals surface area contributed by atoms with Crippen LogP contribution in [0.3, 0.4) is 0 Å². The minimum Gasteiger partial charge on any atom is -0.473 e. The average molecular weight is 518 g/mol. The van der Waals surface area contributed by atoms with E-state index in [1.165, 1.54) is 5.56 Å². The Morgan fingerprint density at radius 1 is 0.816 bits per heavy atom. The van der Waals surface area contributed by atoms with E-state index in [0.717, 1.165) is 43.0 Å². The Morgan fingerprint density at radius 3 is 2.13 bits per heavy atom. The van der Waals surface area contributed by atoms with Gasteiger partial charge in [-0.05, 0) is 29.8 Å². The van der Waals surface area contributed by atoms with Gasteiger partial charge >= 0.3 is 11.9 Å². The molecule has 4 aromatic rings. The molecule has 0 radical (unpaired) electrons. The molecule has 0 bridgehead atoms. The Kier molecular flexibility index (Phi) is 8.29. The highest BCUT2D eigenvalue weighted by molar-refractivity contribution is 6.27. The number of pyridine rings is 1. The molecule has 0 atom stereocenters. The Balaban J connectivity index is 0.000000505. The van der Waals surface area contributed by atoms with Crippen molar-refractivity contribution < 1.29 is 24.6 Å². The van der Waals surface area contributed by atoms with Crippen LogP contribution in [0.4, 0.5) is 0 Å². The number of hydrogen-bond donors (Lipinski definition) is 3. The fourth-order valence-corrected chi connectivity index (χ4v) is 4.26. The number of benzene rings is 2. The van der Waals surface area contributed by atoms with Crippen molar-refractivity contribution in [2.24, 2.45) is 0 Å². The maximum atomic E-state index is 12.7. The molecule has 0 aliphatic carbocycles. The lowest BCUT2D eigenvalue weighted by Crippen LogP contribution is -2.49. The molecule has 1 saturated heterocycles. The SMILES string of the molecule is O=C(O)C(=O)O.O=C(c1ccc[nH]c1=O)N1CCN(Cc2nc3ccccc3n2Cc2ccccc2)CC1. The number of para-hydroxylation sites is 2. The van der Waals surface area contributed by atoms with E-state index in [1.54, 1.807) is 23.2 Å². The number of nitrogens with one attached hydrogen (secondary N) is 1. The lowest BCUT2D eigenvalue weighted by atomic mass is 10.2. The number of rotatable bonds is 5. The highest BCUT2D eigenvalue weighted by Crippen LogP contribution is 2.20. The summed E-state index contributed by atoms with van der Waals surface area (Å²) in [6.07, 6.45) is 1.54. The number of H-pyrrole nitrogens is 1. The predicted molar refractivity (Wildman–Crippen MR) is 139 cm³/mol. The fraction of sp³-hybridized carbons (Fsp3) is 0.222. The van der Waals surface area contributed by atoms with Crippen LogP contribution in [0, 0.1) is 0 Å². The van der Waals surface area contributed by atoms with Crippen LogP contribution in [-0.2, 0) is 22.7 Å². The van der Waals surface area contributed by atoms with E-state index in [0.29, 0.717) is 13.1 Å². The number of carboxylic acids is 2. The van der Waals surface area contributed by atoms with Gasteiger partial charge in [0, 0.05) is 38.9 Å². The summed E-state index contributed by atoms with van der Waals surface area (Å²) in [4.78, 5) is 54.5. The summed E-state index contributed by atoms with van der Waals surface area (Å²) >= 11 is 0. The second-order valence-electron chi connectivity index (χ2n) is 8.68. The first-order valence-electron chi connectivity index (χ1n) is 12.0. The van der Waals surface area contributed by atoms with E-state index in [4.69, 9.17) is 24.8 Å². The van der Waals surface area contributed by atoms with Crippen LogP contribution in [0.1, 0.15) is 21.7 Å². The second kappa shape index (κ2) is 12.0. The molecule has 1 aliphatic heterocycles. The summed E-state index contributed by atoms with van der Waals surface area (Å²) < 4.78 is 2.28. The molecule has 0 spiro atoms. The van der Waals surface area contributed by atoms with Crippen molar-refractivity contribution in [2.75, 3.05) is 26.2 Å². The molecule has 196 valence electrons. The summed E-state index contributed by atoms with van der Waals surface area (Å²) in [6.45, 7) is 4.15. The van der Waals surface area contributed by atoms with Gasteiger partial charge in [0.05, 0.1) is 17.6 Å². The number of carboxylic acid groups (broad SMARTS) is 2. The molecule has 0 saturated carbocycles. The van der Waals surface area contributed by atoms with Crippen molar-refractivity contribution in [2.45, 2.75) is 13.1 Å². The van der Waals surface area contributed by atoms with E-state index in [9.17, 15) is 9.59 Å². The highest BCUT2D eigenvalue weighted by atomic mass is 16.4. The quantitative estimate of drug-likeness (QED) is 0.340. The zero-order chi connectivity index (χ0) is 27.1. The largest absolute Gasteiger partial charge is 0.473 e. The van der Waals surface area contributed by atoms with E-state index < -0.39 is 11.9 Å². The van der Waals surface area contributed by atoms with E-state index >= 15 is 0 Å². The molecule has 1 amide bonds. The normalized spacial score (nSPS) is 13.5. The molecule has 38 heavy (non-hydrogen) atoms. The number of nitrogens with zero attached hydrogens (tertiary/aromatic N) is 4. The maximum Gasteiger partial charge on any atom is 0.414 e. The molecule has 11 nitrogen and oxygen atoms in total. The molecule has 0 unspecified atom stereocenters. The number of aliphatic carboxylic acids is 2. The maximum absolute atomic E-state index is 12.7. The monoisotopic (exact) mass is 517 g/mol. The van der Waals surface area contributed by atoms with Crippen molar-refractivity contribution >= 4 is 28.9 Å². The first kappa shape index (κ1) is 26.3. The van der Waals surface area contributed by atoms with Crippen LogP contribution in [0.15, 0.2) is 77.7 Å². The number of carbonyl (C=O) groups excluding carboxylic acids is 1. The Morgan fingerprint density at radius 2 is 1.47 bits per heavy atom. The van der Waals surface area contributed by atoms with E-state index in [-0.39, 0.29) is 17.0 Å². The topological polar surface area (TPSA) is 149 Å². The Hall–Kier alpha value is -4.77. The van der Waals surface area contributed by atoms with Gasteiger partial charge in [-0.2, -0.15) is 0 Å². The molecular weight excluding hydrogens is 490 g/mol. The molecule has 1 fully saturated rings. The summed E-state index contributed by atoms with van der Waals surface area (Å²) in [5.74, 6) is -2.83. The first-order chi connectivity index (χ1) is 18.3. The van der Waals surface area contributed by atoms with Gasteiger partial charge in [-0.1, -0.05) is 42.5 Å². The zero-order valence-corrected chi connectivity index (χ0v) is 20.5. The standard InChI is InChI=1S/C25H25N5O2.C2H2O4/c31-24-20(9-6-12-26-24)25(32)29-15-13-28(14-16-29)18-23-27-21-10-4-5-11-22(21)30(23)17-19-7-2-1-3-8-19;3-1(4)2(5)6/h1-12H,13-18H2,(H,26,31);(H,3,4)(H,5,6). The number of carbonyl (C=O) groups is 3. The molecule has 2 aromatic heterocycles. The number of amides is 1. The van der Waals surface area contributed by atoms with Gasteiger partial charge in [0.25, 0.3) is 11.5 Å². The molecule has 1 aliphatic rings. The molecule has 2 aromatic carbocycles. The molecule has 11 heteroatoms. The zero-order valence-electron chi connectivity index (χ0n) is 20.5. The first-order valence-corrected chi connectivity index (χ1v) is 12.0. The number of aromatic nitrogens is 3. The van der Waals surface area contributed by atoms with Crippen LogP contribution in [0.2, 0.25) is 0 Å². The molecular formula is C27H27N5O6. The van der Waals surface area contributed by atoms with Crippen molar-refractivity contribution in [1.29, 1.82) is 0 Å². The van der Waals surface area contributed by atoms with Crippen LogP contribution >= 0.6 is 0 Å². The van der Waals surface area contributed by atoms with Crippen LogP contribution in [0.5, 0.6) is 0 Å². The van der Waals surface area contributed by atoms with Crippen LogP contribution < -0.4 is 5.56 Å². The lowest BCUT2D eigenvalue weighted by Gasteiger charge is -2.34. The van der Waals surface area contributed by atoms with Crippen molar-refractivity contribution in [1.82, 2.24) is 24.3 Å². The number of hydrogen-bond acceptors (Lipinski definition) is 6. The average Bonchev–Trinajstić information content (AvgIpc) is 3.26. The van der Waals surface area contributed by atoms with Gasteiger partial charge in [-0.3, -0.25) is 14.5 Å². The lowest BCUT2D eigenvalue weighted by molar-refractivity contribution is -0.159. The summed E-state index contributed by atoms with van der Waals surface area (Å²) in [7, 11) is 0. The fourth-order valence-electron chi connectivity index (χ4n) is 4.26. The molecule has 5 rings (SSSR count). The van der Waals surface area contributed by atoms with Crippen molar-refractivity contribution in [3.63, 3.8) is 0 Å². The molecule has 3 heterocycles. The minimum atomic E-state index is -1.82. The van der Waals surface area contributed by atoms with Gasteiger partial charge in [0.1, 0.15) is 11.4 Å². The van der Waals surface area contributed by atoms with Crippen molar-refractivity contribution in [3.8, 4) is 0 Å². The predicted octanol–water partition coefficient (Wildman–Crippen LogP) is 1.89. The Bertz CT molecular complexity index is 1480. The third-order valence-electron chi connectivity index (χ3n) is 6.17. The summed E-state index contributed by atoms with van der Waals surface area (Å²) in [5.41, 5.74) is 3.22. The third-order valence-corrected chi connectivity index (χ3v) is 6.17. The third kappa shape index (κ3) is 6.31. The second-order valence-corrected chi connectivity index (χ2v) is 8.68. The van der Waals surface area contributed by atoms with E-state index in [2.05, 4.69) is 44.8 Å². The van der Waals surface area contributed by atoms with Gasteiger partial charge in [0.2, 0.25) is 0 Å². The van der Waals surface area contributed by atoms with Gasteiger partial charge < -0.3 is 24.7 Å². The van der Waals surface area contributed by atoms with Crippen LogP contribution in [0.25, 0.3) is 11.0 Å². The highest BCUT2D eigenvalue weighted by Gasteiger charge is 2.25. The van der Waals surface area contributed by atoms with Crippen LogP contribution in [-0.4, -0.2) is 78.6 Å². The van der Waals surface area contributed by atoms with Gasteiger partial charge in [-0.25, -0.2) is 14.6 Å². The summed E-state index contributed by atoms with van der Waals surface area (Å²) in [5, 5.41) is 14.8. The van der Waals surface area contributed by atoms with E-state index in [1.807, 2.05) is 24.3 Å². The van der Waals surface area contributed by atoms with Gasteiger partial charge in [-0.15, -0.1) is 0 Å². The number of aromatic amines is 1. The molecule has 3 N–H and O–H groups in total. The van der Waals surface area contributed by atoms with Gasteiger partial charge in [0.15, 0.2) is 0 Å².